The highest BCUT2D eigenvalue weighted by atomic mass is 16.5. The average Bonchev–Trinajstić information content (AvgIpc) is 3.66. The van der Waals surface area contributed by atoms with Crippen molar-refractivity contribution < 1.29 is 19.1 Å². The van der Waals surface area contributed by atoms with Gasteiger partial charge in [-0.1, -0.05) is 6.07 Å². The van der Waals surface area contributed by atoms with Crippen LogP contribution in [0.3, 0.4) is 0 Å². The van der Waals surface area contributed by atoms with Gasteiger partial charge in [0.2, 0.25) is 11.8 Å². The van der Waals surface area contributed by atoms with Crippen molar-refractivity contribution in [3.05, 3.63) is 53.6 Å². The van der Waals surface area contributed by atoms with E-state index in [-0.39, 0.29) is 30.2 Å². The van der Waals surface area contributed by atoms with Gasteiger partial charge in [0.15, 0.2) is 0 Å². The van der Waals surface area contributed by atoms with Crippen molar-refractivity contribution in [3.63, 3.8) is 0 Å². The molecule has 2 fully saturated rings. The predicted molar refractivity (Wildman–Crippen MR) is 123 cm³/mol. The Bertz CT molecular complexity index is 996. The number of carbonyl (C=O) groups is 3. The standard InChI is InChI=1S/C24H28N4O4/c1-16-20(3-2-4-21(16)27-23(30)17-5-6-17)26-22(29)15-25-19-9-7-18(8-10-19)24(31)28-11-13-32-14-12-28/h2-4,7-10,17,25H,5-6,11-15H2,1H3,(H,26,29)(H,27,30). The fourth-order valence-electron chi connectivity index (χ4n) is 3.54. The van der Waals surface area contributed by atoms with Crippen LogP contribution in [-0.2, 0) is 14.3 Å². The number of ether oxygens (including phenoxy) is 1. The van der Waals surface area contributed by atoms with Crippen molar-refractivity contribution in [2.24, 2.45) is 5.92 Å². The van der Waals surface area contributed by atoms with Crippen molar-refractivity contribution in [1.29, 1.82) is 0 Å². The first kappa shape index (κ1) is 21.8. The number of amides is 3. The molecule has 32 heavy (non-hydrogen) atoms. The summed E-state index contributed by atoms with van der Waals surface area (Å²) in [6.45, 7) is 4.28. The molecule has 0 radical (unpaired) electrons. The van der Waals surface area contributed by atoms with Crippen LogP contribution in [0.4, 0.5) is 17.1 Å². The lowest BCUT2D eigenvalue weighted by molar-refractivity contribution is -0.117. The van der Waals surface area contributed by atoms with E-state index < -0.39 is 0 Å². The maximum Gasteiger partial charge on any atom is 0.254 e. The maximum atomic E-state index is 12.5. The monoisotopic (exact) mass is 436 g/mol. The molecule has 2 aromatic rings. The smallest absolute Gasteiger partial charge is 0.254 e. The number of benzene rings is 2. The van der Waals surface area contributed by atoms with Crippen molar-refractivity contribution in [1.82, 2.24) is 4.90 Å². The molecule has 3 N–H and O–H groups in total. The molecular weight excluding hydrogens is 408 g/mol. The predicted octanol–water partition coefficient (Wildman–Crippen LogP) is 2.87. The topological polar surface area (TPSA) is 99.8 Å². The van der Waals surface area contributed by atoms with E-state index in [2.05, 4.69) is 16.0 Å². The second kappa shape index (κ2) is 9.82. The van der Waals surface area contributed by atoms with Gasteiger partial charge < -0.3 is 25.6 Å². The zero-order valence-corrected chi connectivity index (χ0v) is 18.1. The van der Waals surface area contributed by atoms with Gasteiger partial charge in [-0.3, -0.25) is 14.4 Å². The summed E-state index contributed by atoms with van der Waals surface area (Å²) >= 11 is 0. The molecule has 0 atom stereocenters. The van der Waals surface area contributed by atoms with E-state index in [9.17, 15) is 14.4 Å². The molecule has 2 aromatic carbocycles. The Morgan fingerprint density at radius 1 is 0.969 bits per heavy atom. The number of hydrogen-bond donors (Lipinski definition) is 3. The third-order valence-corrected chi connectivity index (χ3v) is 5.70. The normalized spacial score (nSPS) is 15.7. The summed E-state index contributed by atoms with van der Waals surface area (Å²) < 4.78 is 5.28. The molecule has 1 saturated carbocycles. The van der Waals surface area contributed by atoms with Crippen LogP contribution < -0.4 is 16.0 Å². The second-order valence-electron chi connectivity index (χ2n) is 8.13. The van der Waals surface area contributed by atoms with E-state index in [0.29, 0.717) is 43.2 Å². The van der Waals surface area contributed by atoms with Crippen LogP contribution in [0.15, 0.2) is 42.5 Å². The molecule has 3 amide bonds. The Morgan fingerprint density at radius 2 is 1.62 bits per heavy atom. The van der Waals surface area contributed by atoms with Crippen LogP contribution in [0.5, 0.6) is 0 Å². The third-order valence-electron chi connectivity index (χ3n) is 5.70. The number of nitrogens with one attached hydrogen (secondary N) is 3. The SMILES string of the molecule is Cc1c(NC(=O)CNc2ccc(C(=O)N3CCOCC3)cc2)cccc1NC(=O)C1CC1. The van der Waals surface area contributed by atoms with Gasteiger partial charge in [-0.15, -0.1) is 0 Å². The molecule has 8 nitrogen and oxygen atoms in total. The minimum Gasteiger partial charge on any atom is -0.378 e. The molecule has 0 unspecified atom stereocenters. The van der Waals surface area contributed by atoms with Gasteiger partial charge in [0.25, 0.3) is 5.91 Å². The zero-order valence-electron chi connectivity index (χ0n) is 18.1. The van der Waals surface area contributed by atoms with Crippen molar-refractivity contribution in [2.45, 2.75) is 19.8 Å². The van der Waals surface area contributed by atoms with Gasteiger partial charge in [-0.2, -0.15) is 0 Å². The molecule has 2 aliphatic rings. The Labute approximate surface area is 187 Å². The lowest BCUT2D eigenvalue weighted by atomic mass is 10.1. The Morgan fingerprint density at radius 3 is 2.28 bits per heavy atom. The largest absolute Gasteiger partial charge is 0.378 e. The van der Waals surface area contributed by atoms with Crippen molar-refractivity contribution >= 4 is 34.8 Å². The molecule has 1 saturated heterocycles. The molecule has 4 rings (SSSR count). The van der Waals surface area contributed by atoms with Crippen LogP contribution in [0.25, 0.3) is 0 Å². The van der Waals surface area contributed by atoms with E-state index >= 15 is 0 Å². The first-order chi connectivity index (χ1) is 15.5. The van der Waals surface area contributed by atoms with Crippen molar-refractivity contribution in [2.75, 3.05) is 48.8 Å². The summed E-state index contributed by atoms with van der Waals surface area (Å²) in [5.74, 6) is -0.0600. The first-order valence-electron chi connectivity index (χ1n) is 10.9. The summed E-state index contributed by atoms with van der Waals surface area (Å²) in [6.07, 6.45) is 1.88. The molecule has 8 heteroatoms. The molecule has 168 valence electrons. The second-order valence-corrected chi connectivity index (χ2v) is 8.13. The summed E-state index contributed by atoms with van der Waals surface area (Å²) in [5.41, 5.74) is 3.56. The number of anilines is 3. The van der Waals surface area contributed by atoms with Gasteiger partial charge in [0, 0.05) is 41.6 Å². The number of morpholine rings is 1. The molecule has 1 heterocycles. The minimum atomic E-state index is -0.202. The summed E-state index contributed by atoms with van der Waals surface area (Å²) in [4.78, 5) is 38.8. The van der Waals surface area contributed by atoms with Crippen LogP contribution >= 0.6 is 0 Å². The van der Waals surface area contributed by atoms with E-state index in [1.165, 1.54) is 0 Å². The van der Waals surface area contributed by atoms with Gasteiger partial charge >= 0.3 is 0 Å². The minimum absolute atomic E-state index is 0.0123. The molecule has 1 aliphatic heterocycles. The number of carbonyl (C=O) groups excluding carboxylic acids is 3. The van der Waals surface area contributed by atoms with E-state index in [4.69, 9.17) is 4.74 Å². The summed E-state index contributed by atoms with van der Waals surface area (Å²) in [5, 5.41) is 8.90. The summed E-state index contributed by atoms with van der Waals surface area (Å²) in [6, 6.07) is 12.6. The highest BCUT2D eigenvalue weighted by molar-refractivity contribution is 5.98. The Balaban J connectivity index is 1.29. The van der Waals surface area contributed by atoms with E-state index in [1.807, 2.05) is 25.1 Å². The van der Waals surface area contributed by atoms with Gasteiger partial charge in [0.1, 0.15) is 0 Å². The Hall–Kier alpha value is -3.39. The maximum absolute atomic E-state index is 12.5. The van der Waals surface area contributed by atoms with Crippen LogP contribution in [0.2, 0.25) is 0 Å². The van der Waals surface area contributed by atoms with Gasteiger partial charge in [-0.25, -0.2) is 0 Å². The van der Waals surface area contributed by atoms with Crippen LogP contribution in [0.1, 0.15) is 28.8 Å². The molecular formula is C24H28N4O4. The van der Waals surface area contributed by atoms with Gasteiger partial charge in [-0.05, 0) is 61.7 Å². The molecule has 0 bridgehead atoms. The molecule has 1 aliphatic carbocycles. The van der Waals surface area contributed by atoms with E-state index in [1.54, 1.807) is 29.2 Å². The summed E-state index contributed by atoms with van der Waals surface area (Å²) in [7, 11) is 0. The zero-order chi connectivity index (χ0) is 22.5. The molecule has 0 aromatic heterocycles. The third kappa shape index (κ3) is 5.45. The first-order valence-corrected chi connectivity index (χ1v) is 10.9. The van der Waals surface area contributed by atoms with Crippen LogP contribution in [-0.4, -0.2) is 55.5 Å². The lowest BCUT2D eigenvalue weighted by Gasteiger charge is -2.26. The van der Waals surface area contributed by atoms with E-state index in [0.717, 1.165) is 24.1 Å². The lowest BCUT2D eigenvalue weighted by Crippen LogP contribution is -2.40. The molecule has 0 spiro atoms. The number of nitrogens with zero attached hydrogens (tertiary/aromatic N) is 1. The highest BCUT2D eigenvalue weighted by Crippen LogP contribution is 2.31. The fourth-order valence-corrected chi connectivity index (χ4v) is 3.54. The van der Waals surface area contributed by atoms with Gasteiger partial charge in [0.05, 0.1) is 19.8 Å². The Kier molecular flexibility index (Phi) is 6.70. The average molecular weight is 437 g/mol. The quantitative estimate of drug-likeness (QED) is 0.620. The fraction of sp³-hybridized carbons (Fsp3) is 0.375. The number of rotatable bonds is 7. The highest BCUT2D eigenvalue weighted by Gasteiger charge is 2.29. The van der Waals surface area contributed by atoms with Crippen LogP contribution in [0, 0.1) is 12.8 Å². The number of hydrogen-bond acceptors (Lipinski definition) is 5. The van der Waals surface area contributed by atoms with Crippen molar-refractivity contribution in [3.8, 4) is 0 Å².